The Balaban J connectivity index is 1.95. The molecule has 0 unspecified atom stereocenters. The van der Waals surface area contributed by atoms with Gasteiger partial charge in [-0.15, -0.1) is 0 Å². The van der Waals surface area contributed by atoms with Gasteiger partial charge in [-0.25, -0.2) is 16.8 Å². The van der Waals surface area contributed by atoms with Gasteiger partial charge in [0.15, 0.2) is 19.7 Å². The third kappa shape index (κ3) is 4.04. The van der Waals surface area contributed by atoms with Crippen LogP contribution < -0.4 is 4.74 Å². The molecule has 2 fully saturated rings. The Morgan fingerprint density at radius 1 is 1.14 bits per heavy atom. The molecule has 2 heterocycles. The summed E-state index contributed by atoms with van der Waals surface area (Å²) in [5, 5.41) is -1.06. The second kappa shape index (κ2) is 7.64. The number of piperazine rings is 1. The molecule has 1 aromatic rings. The molecule has 2 aliphatic heterocycles. The molecule has 0 aromatic heterocycles. The molecule has 0 N–H and O–H groups in total. The van der Waals surface area contributed by atoms with Crippen LogP contribution in [-0.2, 0) is 24.5 Å². The molecule has 2 atom stereocenters. The topological polar surface area (TPSA) is 101 Å². The van der Waals surface area contributed by atoms with Gasteiger partial charge in [-0.1, -0.05) is 6.07 Å². The number of nitrogens with zero attached hydrogens (tertiary/aromatic N) is 2. The number of carbonyl (C=O) groups is 1. The molecule has 156 valence electrons. The number of sulfone groups is 2. The summed E-state index contributed by atoms with van der Waals surface area (Å²) in [6.07, 6.45) is 0. The fourth-order valence-electron chi connectivity index (χ4n) is 3.97. The fourth-order valence-corrected chi connectivity index (χ4v) is 9.04. The van der Waals surface area contributed by atoms with Crippen LogP contribution in [0, 0.1) is 6.92 Å². The number of methoxy groups -OCH3 is 1. The SMILES string of the molecule is COc1ccc(C)cc1S(=O)(=O)[C@H]1CS(=O)(=O)C[C@@H]1N1CCN(C(C)=O)CC1. The first-order valence-electron chi connectivity index (χ1n) is 9.13. The molecular formula is C18H26N2O6S2. The number of hydrogen-bond donors (Lipinski definition) is 0. The smallest absolute Gasteiger partial charge is 0.219 e. The van der Waals surface area contributed by atoms with Crippen molar-refractivity contribution in [1.82, 2.24) is 9.80 Å². The number of aryl methyl sites for hydroxylation is 1. The lowest BCUT2D eigenvalue weighted by Gasteiger charge is -2.39. The van der Waals surface area contributed by atoms with E-state index in [1.165, 1.54) is 20.1 Å². The Kier molecular flexibility index (Phi) is 5.75. The van der Waals surface area contributed by atoms with E-state index in [0.29, 0.717) is 26.2 Å². The minimum absolute atomic E-state index is 0.0319. The highest BCUT2D eigenvalue weighted by Gasteiger charge is 2.49. The second-order valence-electron chi connectivity index (χ2n) is 7.42. The third-order valence-electron chi connectivity index (χ3n) is 5.52. The Morgan fingerprint density at radius 3 is 2.36 bits per heavy atom. The van der Waals surface area contributed by atoms with Gasteiger partial charge in [-0.2, -0.15) is 0 Å². The van der Waals surface area contributed by atoms with Crippen molar-refractivity contribution in [3.8, 4) is 5.75 Å². The zero-order chi connectivity index (χ0) is 20.7. The number of ether oxygens (including phenoxy) is 1. The maximum absolute atomic E-state index is 13.4. The molecule has 0 saturated carbocycles. The third-order valence-corrected chi connectivity index (χ3v) is 9.66. The Morgan fingerprint density at radius 2 is 1.79 bits per heavy atom. The van der Waals surface area contributed by atoms with E-state index in [9.17, 15) is 21.6 Å². The Hall–Kier alpha value is -1.65. The molecular weight excluding hydrogens is 404 g/mol. The number of benzene rings is 1. The van der Waals surface area contributed by atoms with Crippen molar-refractivity contribution in [3.05, 3.63) is 23.8 Å². The minimum atomic E-state index is -3.93. The van der Waals surface area contributed by atoms with Crippen LogP contribution in [0.4, 0.5) is 0 Å². The summed E-state index contributed by atoms with van der Waals surface area (Å²) in [4.78, 5) is 15.2. The van der Waals surface area contributed by atoms with Gasteiger partial charge in [-0.05, 0) is 24.6 Å². The average Bonchev–Trinajstić information content (AvgIpc) is 2.98. The highest BCUT2D eigenvalue weighted by Crippen LogP contribution is 2.34. The Bertz CT molecular complexity index is 966. The molecule has 3 rings (SSSR count). The van der Waals surface area contributed by atoms with Gasteiger partial charge in [-0.3, -0.25) is 9.69 Å². The zero-order valence-corrected chi connectivity index (χ0v) is 17.9. The highest BCUT2D eigenvalue weighted by molar-refractivity contribution is 7.96. The first-order valence-corrected chi connectivity index (χ1v) is 12.5. The monoisotopic (exact) mass is 430 g/mol. The van der Waals surface area contributed by atoms with Crippen molar-refractivity contribution < 1.29 is 26.4 Å². The molecule has 0 spiro atoms. The first-order chi connectivity index (χ1) is 13.0. The standard InChI is InChI=1S/C18H26N2O6S2/c1-13-4-5-16(26-3)17(10-13)28(24,25)18-12-27(22,23)11-15(18)20-8-6-19(7-9-20)14(2)21/h4-5,10,15,18H,6-9,11-12H2,1-3H3/t15-,18-/m0/s1. The van der Waals surface area contributed by atoms with E-state index in [1.54, 1.807) is 24.0 Å². The largest absolute Gasteiger partial charge is 0.495 e. The second-order valence-corrected chi connectivity index (χ2v) is 11.7. The maximum Gasteiger partial charge on any atom is 0.219 e. The molecule has 0 radical (unpaired) electrons. The molecule has 8 nitrogen and oxygen atoms in total. The summed E-state index contributed by atoms with van der Waals surface area (Å²) >= 11 is 0. The molecule has 28 heavy (non-hydrogen) atoms. The van der Waals surface area contributed by atoms with E-state index in [0.717, 1.165) is 5.56 Å². The quantitative estimate of drug-likeness (QED) is 0.668. The molecule has 10 heteroatoms. The van der Waals surface area contributed by atoms with Gasteiger partial charge in [0.2, 0.25) is 5.91 Å². The summed E-state index contributed by atoms with van der Waals surface area (Å²) in [5.74, 6) is -0.405. The number of carbonyl (C=O) groups excluding carboxylic acids is 1. The van der Waals surface area contributed by atoms with Gasteiger partial charge in [0.1, 0.15) is 10.6 Å². The van der Waals surface area contributed by atoms with Crippen LogP contribution in [0.5, 0.6) is 5.75 Å². The van der Waals surface area contributed by atoms with Crippen molar-refractivity contribution in [2.45, 2.75) is 30.0 Å². The van der Waals surface area contributed by atoms with E-state index in [-0.39, 0.29) is 22.3 Å². The van der Waals surface area contributed by atoms with E-state index in [4.69, 9.17) is 4.74 Å². The van der Waals surface area contributed by atoms with Gasteiger partial charge in [0.05, 0.1) is 23.9 Å². The predicted octanol–water partition coefficient (Wildman–Crippen LogP) is 0.107. The molecule has 0 bridgehead atoms. The fraction of sp³-hybridized carbons (Fsp3) is 0.611. The van der Waals surface area contributed by atoms with E-state index in [2.05, 4.69) is 0 Å². The van der Waals surface area contributed by atoms with E-state index in [1.807, 2.05) is 4.90 Å². The molecule has 0 aliphatic carbocycles. The van der Waals surface area contributed by atoms with Crippen molar-refractivity contribution in [2.75, 3.05) is 44.8 Å². The van der Waals surface area contributed by atoms with Crippen LogP contribution in [0.3, 0.4) is 0 Å². The molecule has 2 saturated heterocycles. The van der Waals surface area contributed by atoms with Gasteiger partial charge in [0.25, 0.3) is 0 Å². The lowest BCUT2D eigenvalue weighted by Crippen LogP contribution is -2.55. The minimum Gasteiger partial charge on any atom is -0.495 e. The summed E-state index contributed by atoms with van der Waals surface area (Å²) in [7, 11) is -6.02. The van der Waals surface area contributed by atoms with Crippen molar-refractivity contribution in [3.63, 3.8) is 0 Å². The van der Waals surface area contributed by atoms with Crippen molar-refractivity contribution >= 4 is 25.6 Å². The summed E-state index contributed by atoms with van der Waals surface area (Å²) in [6.45, 7) is 5.11. The van der Waals surface area contributed by atoms with Gasteiger partial charge in [0, 0.05) is 39.1 Å². The lowest BCUT2D eigenvalue weighted by atomic mass is 10.2. The molecule has 1 amide bonds. The summed E-state index contributed by atoms with van der Waals surface area (Å²) in [6, 6.07) is 4.24. The molecule has 2 aliphatic rings. The number of hydrogen-bond acceptors (Lipinski definition) is 7. The summed E-state index contributed by atoms with van der Waals surface area (Å²) in [5.41, 5.74) is 0.756. The predicted molar refractivity (Wildman–Crippen MR) is 105 cm³/mol. The van der Waals surface area contributed by atoms with Gasteiger partial charge < -0.3 is 9.64 Å². The van der Waals surface area contributed by atoms with Crippen LogP contribution in [0.25, 0.3) is 0 Å². The van der Waals surface area contributed by atoms with Crippen LogP contribution in [0.15, 0.2) is 23.1 Å². The first kappa shape index (κ1) is 21.1. The van der Waals surface area contributed by atoms with Crippen LogP contribution in [0.2, 0.25) is 0 Å². The van der Waals surface area contributed by atoms with Crippen molar-refractivity contribution in [2.24, 2.45) is 0 Å². The van der Waals surface area contributed by atoms with E-state index < -0.39 is 36.7 Å². The number of amides is 1. The summed E-state index contributed by atoms with van der Waals surface area (Å²) < 4.78 is 56.9. The van der Waals surface area contributed by atoms with Crippen molar-refractivity contribution in [1.29, 1.82) is 0 Å². The normalized spacial score (nSPS) is 25.6. The van der Waals surface area contributed by atoms with Crippen LogP contribution >= 0.6 is 0 Å². The lowest BCUT2D eigenvalue weighted by molar-refractivity contribution is -0.130. The van der Waals surface area contributed by atoms with Gasteiger partial charge >= 0.3 is 0 Å². The van der Waals surface area contributed by atoms with Crippen LogP contribution in [0.1, 0.15) is 12.5 Å². The van der Waals surface area contributed by atoms with Crippen LogP contribution in [-0.4, -0.2) is 88.6 Å². The average molecular weight is 431 g/mol. The maximum atomic E-state index is 13.4. The van der Waals surface area contributed by atoms with E-state index >= 15 is 0 Å². The Labute approximate surface area is 166 Å². The zero-order valence-electron chi connectivity index (χ0n) is 16.3. The molecule has 1 aromatic carbocycles. The number of rotatable bonds is 4. The highest BCUT2D eigenvalue weighted by atomic mass is 32.2.